The van der Waals surface area contributed by atoms with Crippen LogP contribution < -0.4 is 15.3 Å². The quantitative estimate of drug-likeness (QED) is 0.575. The van der Waals surface area contributed by atoms with Crippen LogP contribution in [0.5, 0.6) is 11.5 Å². The number of nitrogens with one attached hydrogen (secondary N) is 1. The molecule has 104 valence electrons. The smallest absolute Gasteiger partial charge is 0.177 e. The third-order valence-electron chi connectivity index (χ3n) is 2.92. The molecule has 0 atom stereocenters. The summed E-state index contributed by atoms with van der Waals surface area (Å²) in [6.07, 6.45) is 2.48. The summed E-state index contributed by atoms with van der Waals surface area (Å²) in [5, 5.41) is 0.979. The van der Waals surface area contributed by atoms with Crippen LogP contribution >= 0.6 is 0 Å². The van der Waals surface area contributed by atoms with Gasteiger partial charge in [-0.1, -0.05) is 18.2 Å². The highest BCUT2D eigenvalue weighted by Gasteiger charge is 2.03. The molecule has 0 aliphatic heterocycles. The highest BCUT2D eigenvalue weighted by Crippen LogP contribution is 2.22. The largest absolute Gasteiger partial charge is 0.374 e. The van der Waals surface area contributed by atoms with Crippen molar-refractivity contribution in [2.45, 2.75) is 0 Å². The van der Waals surface area contributed by atoms with Gasteiger partial charge in [0, 0.05) is 22.8 Å². The molecule has 2 aromatic carbocycles. The lowest BCUT2D eigenvalue weighted by atomic mass is 10.2. The summed E-state index contributed by atoms with van der Waals surface area (Å²) >= 11 is 0. The van der Waals surface area contributed by atoms with Gasteiger partial charge in [0.05, 0.1) is 0 Å². The van der Waals surface area contributed by atoms with Crippen molar-refractivity contribution in [3.63, 3.8) is 0 Å². The molecule has 5 nitrogen and oxygen atoms in total. The molecular weight excluding hydrogens is 268 g/mol. The topological polar surface area (TPSA) is 60.5 Å². The number of carbonyl (C=O) groups excluding carboxylic acids is 1. The number of pyridine rings is 1. The molecule has 0 radical (unpaired) electrons. The van der Waals surface area contributed by atoms with Crippen molar-refractivity contribution < 1.29 is 14.5 Å². The lowest BCUT2D eigenvalue weighted by molar-refractivity contribution is -0.0181. The van der Waals surface area contributed by atoms with E-state index in [9.17, 15) is 4.79 Å². The summed E-state index contributed by atoms with van der Waals surface area (Å²) in [4.78, 5) is 25.4. The summed E-state index contributed by atoms with van der Waals surface area (Å²) in [6.45, 7) is 0. The van der Waals surface area contributed by atoms with E-state index in [1.807, 2.05) is 24.3 Å². The molecule has 0 saturated heterocycles. The highest BCUT2D eigenvalue weighted by atomic mass is 16.9. The SMILES string of the molecule is O=Cc1ccc(ONOc2cccc3cccnc23)cc1. The summed E-state index contributed by atoms with van der Waals surface area (Å²) in [5.74, 6) is 1.10. The maximum atomic E-state index is 10.6. The number of para-hydroxylation sites is 1. The molecule has 0 fully saturated rings. The monoisotopic (exact) mass is 280 g/mol. The van der Waals surface area contributed by atoms with E-state index in [0.29, 0.717) is 17.1 Å². The Kier molecular flexibility index (Phi) is 3.75. The van der Waals surface area contributed by atoms with Crippen molar-refractivity contribution in [2.24, 2.45) is 0 Å². The Labute approximate surface area is 121 Å². The number of aromatic nitrogens is 1. The van der Waals surface area contributed by atoms with Gasteiger partial charge in [-0.25, -0.2) is 0 Å². The first-order valence-electron chi connectivity index (χ1n) is 6.34. The van der Waals surface area contributed by atoms with Crippen molar-refractivity contribution in [1.29, 1.82) is 0 Å². The van der Waals surface area contributed by atoms with E-state index in [1.165, 1.54) is 0 Å². The molecular formula is C16H12N2O3. The molecule has 5 heteroatoms. The van der Waals surface area contributed by atoms with Crippen LogP contribution in [-0.4, -0.2) is 11.3 Å². The molecule has 0 bridgehead atoms. The van der Waals surface area contributed by atoms with E-state index in [0.717, 1.165) is 17.2 Å². The molecule has 1 heterocycles. The minimum Gasteiger partial charge on any atom is -0.374 e. The fourth-order valence-electron chi connectivity index (χ4n) is 1.89. The maximum absolute atomic E-state index is 10.6. The molecule has 0 saturated carbocycles. The number of fused-ring (bicyclic) bond motifs is 1. The van der Waals surface area contributed by atoms with Gasteiger partial charge in [0.15, 0.2) is 11.5 Å². The van der Waals surface area contributed by atoms with Crippen molar-refractivity contribution in [2.75, 3.05) is 0 Å². The zero-order chi connectivity index (χ0) is 14.5. The predicted molar refractivity (Wildman–Crippen MR) is 78.0 cm³/mol. The Balaban J connectivity index is 1.67. The van der Waals surface area contributed by atoms with E-state index in [4.69, 9.17) is 9.68 Å². The Morgan fingerprint density at radius 2 is 1.76 bits per heavy atom. The molecule has 1 N–H and O–H groups in total. The molecule has 0 aliphatic carbocycles. The normalized spacial score (nSPS) is 10.3. The van der Waals surface area contributed by atoms with Crippen LogP contribution in [0.4, 0.5) is 0 Å². The zero-order valence-corrected chi connectivity index (χ0v) is 11.0. The van der Waals surface area contributed by atoms with Gasteiger partial charge in [0.2, 0.25) is 0 Å². The second kappa shape index (κ2) is 6.02. The van der Waals surface area contributed by atoms with Gasteiger partial charge >= 0.3 is 0 Å². The van der Waals surface area contributed by atoms with Gasteiger partial charge in [-0.2, -0.15) is 0 Å². The average molecular weight is 280 g/mol. The third-order valence-corrected chi connectivity index (χ3v) is 2.92. The van der Waals surface area contributed by atoms with E-state index in [-0.39, 0.29) is 0 Å². The minimum atomic E-state index is 0.536. The number of carbonyl (C=O) groups is 1. The van der Waals surface area contributed by atoms with Gasteiger partial charge < -0.3 is 9.68 Å². The Bertz CT molecular complexity index is 752. The maximum Gasteiger partial charge on any atom is 0.177 e. The number of rotatable bonds is 5. The first-order valence-corrected chi connectivity index (χ1v) is 6.34. The van der Waals surface area contributed by atoms with E-state index < -0.39 is 0 Å². The van der Waals surface area contributed by atoms with Gasteiger partial charge in [-0.15, -0.1) is 0 Å². The summed E-state index contributed by atoms with van der Waals surface area (Å²) < 4.78 is 0. The molecule has 0 unspecified atom stereocenters. The molecule has 1 aromatic heterocycles. The number of hydrogen-bond acceptors (Lipinski definition) is 5. The number of aldehydes is 1. The van der Waals surface area contributed by atoms with Crippen molar-refractivity contribution in [1.82, 2.24) is 10.6 Å². The first kappa shape index (κ1) is 13.1. The second-order valence-electron chi connectivity index (χ2n) is 4.31. The van der Waals surface area contributed by atoms with Crippen molar-refractivity contribution in [3.8, 4) is 11.5 Å². The van der Waals surface area contributed by atoms with Crippen molar-refractivity contribution >= 4 is 17.2 Å². The predicted octanol–water partition coefficient (Wildman–Crippen LogP) is 2.92. The zero-order valence-electron chi connectivity index (χ0n) is 11.0. The van der Waals surface area contributed by atoms with Crippen LogP contribution in [0.3, 0.4) is 0 Å². The molecule has 0 aliphatic rings. The Morgan fingerprint density at radius 1 is 0.952 bits per heavy atom. The molecule has 21 heavy (non-hydrogen) atoms. The summed E-state index contributed by atoms with van der Waals surface area (Å²) in [7, 11) is 0. The number of nitrogens with zero attached hydrogens (tertiary/aromatic N) is 1. The molecule has 3 rings (SSSR count). The molecule has 0 spiro atoms. The fourth-order valence-corrected chi connectivity index (χ4v) is 1.89. The van der Waals surface area contributed by atoms with Crippen LogP contribution in [0.25, 0.3) is 10.9 Å². The minimum absolute atomic E-state index is 0.536. The van der Waals surface area contributed by atoms with E-state index in [2.05, 4.69) is 10.6 Å². The Morgan fingerprint density at radius 3 is 2.57 bits per heavy atom. The summed E-state index contributed by atoms with van der Waals surface area (Å²) in [5.41, 5.74) is 3.75. The van der Waals surface area contributed by atoms with Gasteiger partial charge in [0.1, 0.15) is 11.8 Å². The molecule has 3 aromatic rings. The fraction of sp³-hybridized carbons (Fsp3) is 0. The van der Waals surface area contributed by atoms with Crippen LogP contribution in [0, 0.1) is 0 Å². The standard InChI is InChI=1S/C16H12N2O3/c19-11-12-6-8-14(9-7-12)20-18-21-15-5-1-3-13-4-2-10-17-16(13)15/h1-11,18H. The molecule has 0 amide bonds. The van der Waals surface area contributed by atoms with Crippen LogP contribution in [0.2, 0.25) is 0 Å². The first-order chi connectivity index (χ1) is 10.4. The highest BCUT2D eigenvalue weighted by molar-refractivity contribution is 5.84. The van der Waals surface area contributed by atoms with E-state index in [1.54, 1.807) is 36.5 Å². The van der Waals surface area contributed by atoms with Crippen LogP contribution in [0.15, 0.2) is 60.8 Å². The van der Waals surface area contributed by atoms with E-state index >= 15 is 0 Å². The number of benzene rings is 2. The van der Waals surface area contributed by atoms with Crippen molar-refractivity contribution in [3.05, 3.63) is 66.4 Å². The van der Waals surface area contributed by atoms with Crippen LogP contribution in [-0.2, 0) is 0 Å². The van der Waals surface area contributed by atoms with Crippen LogP contribution in [0.1, 0.15) is 10.4 Å². The lowest BCUT2D eigenvalue weighted by Crippen LogP contribution is -2.22. The Hall–Kier alpha value is -2.92. The number of hydrogen-bond donors (Lipinski definition) is 1. The average Bonchev–Trinajstić information content (AvgIpc) is 2.56. The third kappa shape index (κ3) is 2.98. The summed E-state index contributed by atoms with van der Waals surface area (Å²) in [6, 6.07) is 16.1. The lowest BCUT2D eigenvalue weighted by Gasteiger charge is -2.09. The second-order valence-corrected chi connectivity index (χ2v) is 4.31. The van der Waals surface area contributed by atoms with Gasteiger partial charge in [0.25, 0.3) is 0 Å². The van der Waals surface area contributed by atoms with Gasteiger partial charge in [-0.05, 0) is 36.4 Å². The van der Waals surface area contributed by atoms with Gasteiger partial charge in [-0.3, -0.25) is 9.78 Å².